The maximum absolute atomic E-state index is 13.9. The summed E-state index contributed by atoms with van der Waals surface area (Å²) in [7, 11) is 1.86. The van der Waals surface area contributed by atoms with Crippen molar-refractivity contribution in [2.75, 3.05) is 7.05 Å². The molecule has 20 heavy (non-hydrogen) atoms. The topological polar surface area (TPSA) is 37.8 Å². The quantitative estimate of drug-likeness (QED) is 0.881. The van der Waals surface area contributed by atoms with E-state index in [1.54, 1.807) is 12.1 Å². The van der Waals surface area contributed by atoms with E-state index in [0.717, 1.165) is 23.4 Å². The van der Waals surface area contributed by atoms with Crippen molar-refractivity contribution in [3.8, 4) is 0 Å². The highest BCUT2D eigenvalue weighted by Crippen LogP contribution is 2.28. The Morgan fingerprint density at radius 1 is 1.45 bits per heavy atom. The zero-order valence-corrected chi connectivity index (χ0v) is 13.1. The minimum atomic E-state index is -0.271. The van der Waals surface area contributed by atoms with Gasteiger partial charge in [-0.15, -0.1) is 5.10 Å². The molecule has 1 atom stereocenters. The van der Waals surface area contributed by atoms with Gasteiger partial charge in [-0.1, -0.05) is 35.5 Å². The molecule has 0 radical (unpaired) electrons. The monoisotopic (exact) mass is 313 g/mol. The zero-order valence-electron chi connectivity index (χ0n) is 11.5. The number of nitrogens with one attached hydrogen (secondary N) is 1. The minimum Gasteiger partial charge on any atom is -0.312 e. The van der Waals surface area contributed by atoms with Gasteiger partial charge in [0.2, 0.25) is 0 Å². The van der Waals surface area contributed by atoms with Gasteiger partial charge in [-0.05, 0) is 43.6 Å². The average Bonchev–Trinajstić information content (AvgIpc) is 2.87. The number of aryl methyl sites for hydroxylation is 1. The number of hydrogen-bond acceptors (Lipinski definition) is 4. The fraction of sp³-hybridized carbons (Fsp3) is 0.429. The molecular formula is C14H17ClFN3S. The number of likely N-dealkylation sites (N-methyl/N-ethyl adjacent to an activating group) is 1. The average molecular weight is 314 g/mol. The maximum atomic E-state index is 13.9. The van der Waals surface area contributed by atoms with Crippen molar-refractivity contribution in [2.45, 2.75) is 32.2 Å². The molecule has 1 aromatic heterocycles. The molecule has 108 valence electrons. The number of hydrogen-bond donors (Lipinski definition) is 1. The molecule has 0 amide bonds. The second-order valence-corrected chi connectivity index (χ2v) is 5.77. The van der Waals surface area contributed by atoms with Gasteiger partial charge < -0.3 is 5.32 Å². The van der Waals surface area contributed by atoms with E-state index >= 15 is 0 Å². The van der Waals surface area contributed by atoms with E-state index in [0.29, 0.717) is 17.0 Å². The Bertz CT molecular complexity index is 553. The van der Waals surface area contributed by atoms with Crippen LogP contribution in [-0.2, 0) is 12.8 Å². The Balaban J connectivity index is 2.27. The molecule has 1 unspecified atom stereocenters. The van der Waals surface area contributed by atoms with Crippen LogP contribution >= 0.6 is 23.1 Å². The van der Waals surface area contributed by atoms with Crippen LogP contribution < -0.4 is 5.32 Å². The largest absolute Gasteiger partial charge is 0.312 e. The molecule has 1 aromatic carbocycles. The van der Waals surface area contributed by atoms with Gasteiger partial charge in [0.1, 0.15) is 5.82 Å². The summed E-state index contributed by atoms with van der Waals surface area (Å²) in [6.07, 6.45) is 2.38. The van der Waals surface area contributed by atoms with Gasteiger partial charge in [-0.2, -0.15) is 0 Å². The summed E-state index contributed by atoms with van der Waals surface area (Å²) in [5, 5.41) is 7.83. The lowest BCUT2D eigenvalue weighted by Gasteiger charge is -2.16. The van der Waals surface area contributed by atoms with Crippen molar-refractivity contribution in [1.29, 1.82) is 0 Å². The molecule has 2 aromatic rings. The lowest BCUT2D eigenvalue weighted by atomic mass is 10.0. The Hall–Kier alpha value is -1.04. The molecule has 0 saturated heterocycles. The molecule has 1 N–H and O–H groups in total. The summed E-state index contributed by atoms with van der Waals surface area (Å²) in [5.74, 6) is -0.271. The van der Waals surface area contributed by atoms with Crippen LogP contribution in [0.5, 0.6) is 0 Å². The molecule has 0 aliphatic heterocycles. The van der Waals surface area contributed by atoms with E-state index in [1.807, 2.05) is 7.05 Å². The van der Waals surface area contributed by atoms with Crippen molar-refractivity contribution in [2.24, 2.45) is 0 Å². The van der Waals surface area contributed by atoms with Crippen LogP contribution in [0.2, 0.25) is 5.02 Å². The summed E-state index contributed by atoms with van der Waals surface area (Å²) in [6, 6.07) is 4.74. The second kappa shape index (κ2) is 7.11. The Labute approximate surface area is 127 Å². The molecule has 0 fully saturated rings. The van der Waals surface area contributed by atoms with Gasteiger partial charge in [0, 0.05) is 16.6 Å². The number of rotatable bonds is 6. The van der Waals surface area contributed by atoms with E-state index in [-0.39, 0.29) is 11.9 Å². The molecule has 6 heteroatoms. The first-order valence-corrected chi connectivity index (χ1v) is 7.73. The summed E-state index contributed by atoms with van der Waals surface area (Å²) in [6.45, 7) is 2.10. The normalized spacial score (nSPS) is 12.6. The van der Waals surface area contributed by atoms with E-state index in [9.17, 15) is 4.39 Å². The molecule has 0 aliphatic rings. The molecule has 0 spiro atoms. The highest BCUT2D eigenvalue weighted by Gasteiger charge is 2.20. The van der Waals surface area contributed by atoms with Gasteiger partial charge >= 0.3 is 0 Å². The molecular weight excluding hydrogens is 297 g/mol. The van der Waals surface area contributed by atoms with Gasteiger partial charge in [0.15, 0.2) is 0 Å². The Morgan fingerprint density at radius 3 is 2.90 bits per heavy atom. The number of nitrogens with zero attached hydrogens (tertiary/aromatic N) is 2. The van der Waals surface area contributed by atoms with E-state index in [2.05, 4.69) is 21.8 Å². The van der Waals surface area contributed by atoms with Gasteiger partial charge in [-0.3, -0.25) is 0 Å². The van der Waals surface area contributed by atoms with Crippen LogP contribution in [0.15, 0.2) is 18.2 Å². The van der Waals surface area contributed by atoms with E-state index in [1.165, 1.54) is 17.6 Å². The molecule has 2 rings (SSSR count). The molecule has 0 bridgehead atoms. The van der Waals surface area contributed by atoms with Crippen molar-refractivity contribution < 1.29 is 4.39 Å². The van der Waals surface area contributed by atoms with Crippen molar-refractivity contribution in [1.82, 2.24) is 14.9 Å². The molecule has 1 heterocycles. The van der Waals surface area contributed by atoms with Crippen LogP contribution in [0, 0.1) is 5.82 Å². The fourth-order valence-electron chi connectivity index (χ4n) is 2.15. The van der Waals surface area contributed by atoms with Crippen LogP contribution in [0.4, 0.5) is 4.39 Å². The summed E-state index contributed by atoms with van der Waals surface area (Å²) >= 11 is 7.46. The van der Waals surface area contributed by atoms with E-state index < -0.39 is 0 Å². The van der Waals surface area contributed by atoms with Crippen LogP contribution in [0.25, 0.3) is 0 Å². The lowest BCUT2D eigenvalue weighted by Crippen LogP contribution is -2.20. The predicted molar refractivity (Wildman–Crippen MR) is 80.8 cm³/mol. The third-order valence-electron chi connectivity index (χ3n) is 3.21. The summed E-state index contributed by atoms with van der Waals surface area (Å²) < 4.78 is 17.9. The van der Waals surface area contributed by atoms with Crippen molar-refractivity contribution in [3.63, 3.8) is 0 Å². The first-order chi connectivity index (χ1) is 9.67. The van der Waals surface area contributed by atoms with Gasteiger partial charge in [0.05, 0.1) is 10.6 Å². The Kier molecular flexibility index (Phi) is 5.46. The van der Waals surface area contributed by atoms with E-state index in [4.69, 9.17) is 11.6 Å². The fourth-order valence-corrected chi connectivity index (χ4v) is 3.19. The number of halogens is 2. The van der Waals surface area contributed by atoms with Gasteiger partial charge in [-0.25, -0.2) is 4.39 Å². The predicted octanol–water partition coefficient (Wildman–Crippen LogP) is 3.79. The number of benzene rings is 1. The zero-order chi connectivity index (χ0) is 14.5. The summed E-state index contributed by atoms with van der Waals surface area (Å²) in [4.78, 5) is 1.06. The highest BCUT2D eigenvalue weighted by atomic mass is 35.5. The van der Waals surface area contributed by atoms with Gasteiger partial charge in [0.25, 0.3) is 0 Å². The molecule has 3 nitrogen and oxygen atoms in total. The first kappa shape index (κ1) is 15.4. The molecule has 0 saturated carbocycles. The SMILES string of the molecule is CCCc1nnsc1C(Cc1c(F)cccc1Cl)NC. The van der Waals surface area contributed by atoms with Crippen LogP contribution in [0.3, 0.4) is 0 Å². The first-order valence-electron chi connectivity index (χ1n) is 6.58. The molecule has 0 aliphatic carbocycles. The third-order valence-corrected chi connectivity index (χ3v) is 4.44. The summed E-state index contributed by atoms with van der Waals surface area (Å²) in [5.41, 5.74) is 1.52. The standard InChI is InChI=1S/C14H17ClFN3S/c1-3-5-12-14(20-19-18-12)13(17-2)8-9-10(15)6-4-7-11(9)16/h4,6-7,13,17H,3,5,8H2,1-2H3. The third kappa shape index (κ3) is 3.34. The highest BCUT2D eigenvalue weighted by molar-refractivity contribution is 7.05. The maximum Gasteiger partial charge on any atom is 0.127 e. The lowest BCUT2D eigenvalue weighted by molar-refractivity contribution is 0.556. The minimum absolute atomic E-state index is 0.0223. The second-order valence-electron chi connectivity index (χ2n) is 4.58. The van der Waals surface area contributed by atoms with Crippen LogP contribution in [0.1, 0.15) is 35.5 Å². The Morgan fingerprint density at radius 2 is 2.25 bits per heavy atom. The van der Waals surface area contributed by atoms with Crippen molar-refractivity contribution in [3.05, 3.63) is 45.2 Å². The number of aromatic nitrogens is 2. The van der Waals surface area contributed by atoms with Crippen molar-refractivity contribution >= 4 is 23.1 Å². The van der Waals surface area contributed by atoms with Crippen LogP contribution in [-0.4, -0.2) is 16.6 Å². The smallest absolute Gasteiger partial charge is 0.127 e.